The molecule has 5 saturated heterocycles. The van der Waals surface area contributed by atoms with Gasteiger partial charge in [-0.3, -0.25) is 9.59 Å². The van der Waals surface area contributed by atoms with Gasteiger partial charge in [0.2, 0.25) is 12.2 Å². The zero-order valence-corrected chi connectivity index (χ0v) is 47.3. The van der Waals surface area contributed by atoms with Crippen molar-refractivity contribution in [1.29, 1.82) is 0 Å². The fraction of sp³-hybridized carbons (Fsp3) is 0.774. The molecule has 5 fully saturated rings. The lowest BCUT2D eigenvalue weighted by atomic mass is 9.76. The van der Waals surface area contributed by atoms with Crippen molar-refractivity contribution < 1.29 is 108 Å². The molecule has 0 aromatic heterocycles. The van der Waals surface area contributed by atoms with E-state index in [0.717, 1.165) is 5.75 Å². The molecule has 5 aliphatic heterocycles. The number of aromatic hydroxyl groups is 2. The molecule has 24 nitrogen and oxygen atoms in total. The van der Waals surface area contributed by atoms with Gasteiger partial charge in [0, 0.05) is 75.3 Å². The first-order chi connectivity index (χ1) is 37.4. The number of rotatable bonds is 19. The number of carbonyl (C=O) groups excluding carboxylic acids is 2. The van der Waals surface area contributed by atoms with Crippen LogP contribution in [-0.2, 0) is 58.6 Å². The Morgan fingerprint density at radius 1 is 0.734 bits per heavy atom. The number of aliphatic hydroxyl groups is 7. The largest absolute Gasteiger partial charge is 0.507 e. The van der Waals surface area contributed by atoms with Gasteiger partial charge >= 0.3 is 0 Å². The fourth-order valence-electron chi connectivity index (χ4n) is 11.4. The number of nitrogens with two attached hydrogens (primary N) is 1. The number of methoxy groups -OCH3 is 1. The van der Waals surface area contributed by atoms with Gasteiger partial charge in [0.25, 0.3) is 0 Å². The van der Waals surface area contributed by atoms with Crippen LogP contribution in [0.1, 0.15) is 95.1 Å². The molecule has 2 aromatic carbocycles. The molecule has 2 aromatic rings. The van der Waals surface area contributed by atoms with Gasteiger partial charge in [0.15, 0.2) is 30.9 Å². The van der Waals surface area contributed by atoms with E-state index in [1.807, 2.05) is 0 Å². The van der Waals surface area contributed by atoms with Crippen molar-refractivity contribution in [3.8, 4) is 17.2 Å². The van der Waals surface area contributed by atoms with Crippen molar-refractivity contribution in [2.75, 3.05) is 31.7 Å². The highest BCUT2D eigenvalue weighted by molar-refractivity contribution is 8.76. The average molecular weight is 1160 g/mol. The summed E-state index contributed by atoms with van der Waals surface area (Å²) in [7, 11) is 4.43. The van der Waals surface area contributed by atoms with Gasteiger partial charge < -0.3 is 109 Å². The second-order valence-corrected chi connectivity index (χ2v) is 24.6. The first kappa shape index (κ1) is 62.3. The third kappa shape index (κ3) is 13.9. The van der Waals surface area contributed by atoms with Crippen LogP contribution < -0.4 is 15.8 Å². The summed E-state index contributed by atoms with van der Waals surface area (Å²) in [6, 6.07) is 3.18. The Balaban J connectivity index is 1.04. The number of hydrogen-bond acceptors (Lipinski definition) is 25. The van der Waals surface area contributed by atoms with Crippen molar-refractivity contribution in [3.05, 3.63) is 28.8 Å². The van der Waals surface area contributed by atoms with Crippen molar-refractivity contribution in [2.45, 2.75) is 222 Å². The van der Waals surface area contributed by atoms with Crippen LogP contribution in [0, 0.1) is 12.8 Å². The summed E-state index contributed by atoms with van der Waals surface area (Å²) in [6.45, 7) is 11.8. The quantitative estimate of drug-likeness (QED) is 0.0687. The number of carbonyl (C=O) groups is 2. The zero-order valence-electron chi connectivity index (χ0n) is 45.7. The molecule has 0 unspecified atom stereocenters. The molecule has 26 heteroatoms. The molecule has 446 valence electrons. The number of ether oxygens (including phenoxy) is 11. The van der Waals surface area contributed by atoms with Crippen LogP contribution in [-0.4, -0.2) is 224 Å². The van der Waals surface area contributed by atoms with Crippen LogP contribution in [0.4, 0.5) is 0 Å². The number of phenols is 2. The minimum Gasteiger partial charge on any atom is -0.507 e. The Morgan fingerprint density at radius 3 is 1.82 bits per heavy atom. The topological polar surface area (TPSA) is 356 Å². The zero-order chi connectivity index (χ0) is 57.4. The average Bonchev–Trinajstić information content (AvgIpc) is 3.46. The highest BCUT2D eigenvalue weighted by Gasteiger charge is 2.51. The lowest BCUT2D eigenvalue weighted by Gasteiger charge is -2.46. The van der Waals surface area contributed by atoms with E-state index in [2.05, 4.69) is 5.32 Å². The number of nitrogens with one attached hydrogen (secondary N) is 1. The smallest absolute Gasteiger partial charge is 0.249 e. The summed E-state index contributed by atoms with van der Waals surface area (Å²) in [6.07, 6.45) is -22.2. The lowest BCUT2D eigenvalue weighted by molar-refractivity contribution is -0.334. The second kappa shape index (κ2) is 26.4. The summed E-state index contributed by atoms with van der Waals surface area (Å²) in [5, 5.41) is 103. The number of Topliss-reactive ketones (excluding diaryl/α,β-unsaturated/α-hetero) is 1. The monoisotopic (exact) mass is 1160 g/mol. The van der Waals surface area contributed by atoms with Gasteiger partial charge in [-0.25, -0.2) is 0 Å². The van der Waals surface area contributed by atoms with Crippen LogP contribution in [0.2, 0.25) is 0 Å². The standard InChI is InChI=1S/C53H80N2O22S2/c1-21-31(73-36-17-32(44(59)23(3)69-36)74-35-16-30(56)43(58)22(2)68-35)15-28-13-27-14-29(50(67-8)52(65)55-10-12-79-78-11-9-54)49(48(63)41(27)47(62)40(28)42(21)57)77-38-19-33(45(60)25(5)71-38)75-37-18-34(46(61)24(4)70-37)76-39-20-53(7,66)51(64)26(6)72-39/h13,15,22-26,29-30,32-39,43-46,49-51,56-62,64,66H,9-12,14,16-20,54H2,1-8H3,(H,55,65)/t22-,23-,24-,25-,26-,29-,30-,32-,33-,34-,35+,36+,37+,38+,39+,43-,44-,45-,46+,49+,50+,51-,53+/m1/s1. The van der Waals surface area contributed by atoms with Crippen LogP contribution >= 0.6 is 21.6 Å². The number of fused-ring (bicyclic) bond motifs is 2. The van der Waals surface area contributed by atoms with Gasteiger partial charge in [-0.2, -0.15) is 0 Å². The van der Waals surface area contributed by atoms with E-state index in [1.165, 1.54) is 24.8 Å². The summed E-state index contributed by atoms with van der Waals surface area (Å²) in [4.78, 5) is 29.3. The van der Waals surface area contributed by atoms with Crippen molar-refractivity contribution in [1.82, 2.24) is 5.32 Å². The molecule has 0 saturated carbocycles. The second-order valence-electron chi connectivity index (χ2n) is 21.8. The van der Waals surface area contributed by atoms with Crippen molar-refractivity contribution >= 4 is 44.1 Å². The van der Waals surface area contributed by atoms with Gasteiger partial charge in [0.1, 0.15) is 60.0 Å². The molecule has 5 heterocycles. The van der Waals surface area contributed by atoms with E-state index in [4.69, 9.17) is 57.8 Å². The number of benzene rings is 2. The molecule has 0 radical (unpaired) electrons. The molecule has 0 bridgehead atoms. The van der Waals surface area contributed by atoms with Crippen LogP contribution in [0.15, 0.2) is 12.1 Å². The van der Waals surface area contributed by atoms with Crippen molar-refractivity contribution in [2.24, 2.45) is 11.7 Å². The normalized spacial score (nSPS) is 40.5. The number of hydrogen-bond donors (Lipinski definition) is 11. The maximum atomic E-state index is 15.2. The SMILES string of the molecule is CO[C@H](C(=O)NCCSSCCN)[C@@H]1Cc2cc3cc(O[C@H]4C[C@@H](O[C@H]5C[C@@H](O)[C@H](O)[C@@H](C)O5)[C@H](O)[C@@H](C)O4)c(C)c(O)c3c(O)c2C(=O)[C@H]1O[C@H]1C[C@@H](O[C@H]2C[C@@H](O[C@H]3C[C@](C)(O)[C@H](O)[C@@H](C)O3)[C@@H](O)[C@@H](C)O2)[C@H](O)[C@@H](C)O1. The third-order valence-electron chi connectivity index (χ3n) is 15.9. The van der Waals surface area contributed by atoms with E-state index in [9.17, 15) is 50.8 Å². The third-order valence-corrected chi connectivity index (χ3v) is 18.3. The van der Waals surface area contributed by atoms with E-state index < -0.39 is 164 Å². The van der Waals surface area contributed by atoms with Crippen molar-refractivity contribution in [3.63, 3.8) is 0 Å². The summed E-state index contributed by atoms with van der Waals surface area (Å²) >= 11 is 0. The van der Waals surface area contributed by atoms with Crippen LogP contribution in [0.25, 0.3) is 10.8 Å². The maximum Gasteiger partial charge on any atom is 0.249 e. The molecule has 1 aliphatic carbocycles. The fourth-order valence-corrected chi connectivity index (χ4v) is 13.2. The highest BCUT2D eigenvalue weighted by Crippen LogP contribution is 2.47. The number of amides is 1. The van der Waals surface area contributed by atoms with Gasteiger partial charge in [-0.15, -0.1) is 0 Å². The maximum absolute atomic E-state index is 15.2. The molecule has 1 amide bonds. The number of phenolic OH excluding ortho intramolecular Hbond substituents is 2. The molecule has 8 rings (SSSR count). The van der Waals surface area contributed by atoms with E-state index in [0.29, 0.717) is 17.9 Å². The Labute approximate surface area is 466 Å². The molecular weight excluding hydrogens is 1080 g/mol. The summed E-state index contributed by atoms with van der Waals surface area (Å²) in [5.74, 6) is -1.88. The Kier molecular flexibility index (Phi) is 20.8. The van der Waals surface area contributed by atoms with E-state index >= 15 is 4.79 Å². The Hall–Kier alpha value is -2.78. The molecular formula is C53H80N2O22S2. The molecule has 79 heavy (non-hydrogen) atoms. The predicted octanol–water partition coefficient (Wildman–Crippen LogP) is 0.896. The Bertz CT molecular complexity index is 2400. The number of ketones is 1. The number of aliphatic hydroxyl groups excluding tert-OH is 6. The van der Waals surface area contributed by atoms with E-state index in [1.54, 1.807) is 64.5 Å². The minimum atomic E-state index is -1.52. The van der Waals surface area contributed by atoms with Gasteiger partial charge in [-0.1, -0.05) is 21.6 Å². The van der Waals surface area contributed by atoms with Gasteiger partial charge in [-0.05, 0) is 78.0 Å². The van der Waals surface area contributed by atoms with E-state index in [-0.39, 0.29) is 72.7 Å². The highest BCUT2D eigenvalue weighted by atomic mass is 33.1. The summed E-state index contributed by atoms with van der Waals surface area (Å²) in [5.41, 5.74) is 4.42. The molecule has 0 spiro atoms. The molecule has 12 N–H and O–H groups in total. The summed E-state index contributed by atoms with van der Waals surface area (Å²) < 4.78 is 67.3. The molecule has 6 aliphatic rings. The predicted molar refractivity (Wildman–Crippen MR) is 283 cm³/mol. The Morgan fingerprint density at radius 2 is 1.25 bits per heavy atom. The first-order valence-corrected chi connectivity index (χ1v) is 29.6. The van der Waals surface area contributed by atoms with Crippen LogP contribution in [0.5, 0.6) is 17.2 Å². The van der Waals surface area contributed by atoms with Gasteiger partial charge in [0.05, 0.1) is 71.5 Å². The first-order valence-electron chi connectivity index (χ1n) is 27.1. The lowest BCUT2D eigenvalue weighted by Crippen LogP contribution is -2.58. The van der Waals surface area contributed by atoms with Crippen LogP contribution in [0.3, 0.4) is 0 Å². The molecule has 23 atom stereocenters. The minimum absolute atomic E-state index is 0.00774.